The summed E-state index contributed by atoms with van der Waals surface area (Å²) < 4.78 is 0. The van der Waals surface area contributed by atoms with Gasteiger partial charge < -0.3 is 5.32 Å². The van der Waals surface area contributed by atoms with Crippen molar-refractivity contribution in [3.05, 3.63) is 34.9 Å². The third-order valence-corrected chi connectivity index (χ3v) is 2.13. The first kappa shape index (κ1) is 9.56. The SMILES string of the molecule is CCN[C@@H](C)c1ccc(Cl)cc1. The Bertz CT molecular complexity index is 230. The molecule has 0 aliphatic carbocycles. The van der Waals surface area contributed by atoms with Gasteiger partial charge in [-0.15, -0.1) is 0 Å². The van der Waals surface area contributed by atoms with E-state index in [1.54, 1.807) is 0 Å². The first-order valence-electron chi connectivity index (χ1n) is 4.23. The van der Waals surface area contributed by atoms with Gasteiger partial charge in [0.05, 0.1) is 0 Å². The second-order valence-electron chi connectivity index (χ2n) is 2.83. The van der Waals surface area contributed by atoms with Crippen LogP contribution in [0.1, 0.15) is 25.5 Å². The Morgan fingerprint density at radius 1 is 1.33 bits per heavy atom. The average Bonchev–Trinajstić information content (AvgIpc) is 2.06. The van der Waals surface area contributed by atoms with Crippen molar-refractivity contribution in [1.82, 2.24) is 5.32 Å². The van der Waals surface area contributed by atoms with Gasteiger partial charge in [0, 0.05) is 11.1 Å². The number of benzene rings is 1. The largest absolute Gasteiger partial charge is 0.310 e. The molecule has 0 aliphatic heterocycles. The van der Waals surface area contributed by atoms with E-state index in [1.807, 2.05) is 12.1 Å². The monoisotopic (exact) mass is 183 g/mol. The highest BCUT2D eigenvalue weighted by Crippen LogP contribution is 2.15. The highest BCUT2D eigenvalue weighted by atomic mass is 35.5. The molecule has 12 heavy (non-hydrogen) atoms. The number of hydrogen-bond acceptors (Lipinski definition) is 1. The van der Waals surface area contributed by atoms with Crippen LogP contribution in [-0.2, 0) is 0 Å². The summed E-state index contributed by atoms with van der Waals surface area (Å²) in [5, 5.41) is 4.13. The van der Waals surface area contributed by atoms with Crippen LogP contribution in [0.25, 0.3) is 0 Å². The van der Waals surface area contributed by atoms with Crippen molar-refractivity contribution >= 4 is 11.6 Å². The molecule has 1 aromatic rings. The molecule has 2 heteroatoms. The minimum absolute atomic E-state index is 0.410. The molecule has 0 saturated heterocycles. The fraction of sp³-hybridized carbons (Fsp3) is 0.400. The Kier molecular flexibility index (Phi) is 3.57. The van der Waals surface area contributed by atoms with Crippen LogP contribution < -0.4 is 5.32 Å². The fourth-order valence-corrected chi connectivity index (χ4v) is 1.30. The quantitative estimate of drug-likeness (QED) is 0.760. The molecule has 0 unspecified atom stereocenters. The zero-order valence-corrected chi connectivity index (χ0v) is 8.23. The van der Waals surface area contributed by atoms with Crippen molar-refractivity contribution in [3.8, 4) is 0 Å². The number of halogens is 1. The summed E-state index contributed by atoms with van der Waals surface area (Å²) >= 11 is 5.77. The molecule has 0 aliphatic rings. The summed E-state index contributed by atoms with van der Waals surface area (Å²) in [5.41, 5.74) is 1.28. The summed E-state index contributed by atoms with van der Waals surface area (Å²) in [4.78, 5) is 0. The van der Waals surface area contributed by atoms with E-state index in [0.29, 0.717) is 6.04 Å². The van der Waals surface area contributed by atoms with E-state index in [-0.39, 0.29) is 0 Å². The molecule has 1 rings (SSSR count). The first-order valence-corrected chi connectivity index (χ1v) is 4.60. The maximum Gasteiger partial charge on any atom is 0.0406 e. The lowest BCUT2D eigenvalue weighted by atomic mass is 10.1. The van der Waals surface area contributed by atoms with Crippen LogP contribution >= 0.6 is 11.6 Å². The average molecular weight is 184 g/mol. The van der Waals surface area contributed by atoms with E-state index in [4.69, 9.17) is 11.6 Å². The van der Waals surface area contributed by atoms with Crippen LogP contribution in [0.3, 0.4) is 0 Å². The predicted octanol–water partition coefficient (Wildman–Crippen LogP) is 3.01. The first-order chi connectivity index (χ1) is 5.74. The van der Waals surface area contributed by atoms with E-state index in [2.05, 4.69) is 31.3 Å². The predicted molar refractivity (Wildman–Crippen MR) is 53.5 cm³/mol. The van der Waals surface area contributed by atoms with Gasteiger partial charge in [-0.1, -0.05) is 30.7 Å². The van der Waals surface area contributed by atoms with Gasteiger partial charge in [-0.3, -0.25) is 0 Å². The molecule has 66 valence electrons. The molecular weight excluding hydrogens is 170 g/mol. The van der Waals surface area contributed by atoms with Crippen LogP contribution in [0, 0.1) is 0 Å². The van der Waals surface area contributed by atoms with Crippen molar-refractivity contribution in [2.45, 2.75) is 19.9 Å². The number of nitrogens with one attached hydrogen (secondary N) is 1. The van der Waals surface area contributed by atoms with E-state index < -0.39 is 0 Å². The smallest absolute Gasteiger partial charge is 0.0406 e. The molecule has 1 atom stereocenters. The minimum Gasteiger partial charge on any atom is -0.310 e. The molecular formula is C10H14ClN. The van der Waals surface area contributed by atoms with Gasteiger partial charge in [0.2, 0.25) is 0 Å². The summed E-state index contributed by atoms with van der Waals surface area (Å²) in [7, 11) is 0. The zero-order chi connectivity index (χ0) is 8.97. The lowest BCUT2D eigenvalue weighted by molar-refractivity contribution is 0.598. The van der Waals surface area contributed by atoms with Crippen molar-refractivity contribution < 1.29 is 0 Å². The topological polar surface area (TPSA) is 12.0 Å². The summed E-state index contributed by atoms with van der Waals surface area (Å²) in [6.07, 6.45) is 0. The zero-order valence-electron chi connectivity index (χ0n) is 7.47. The van der Waals surface area contributed by atoms with Crippen molar-refractivity contribution in [2.24, 2.45) is 0 Å². The summed E-state index contributed by atoms with van der Waals surface area (Å²) in [5.74, 6) is 0. The Morgan fingerprint density at radius 3 is 2.42 bits per heavy atom. The van der Waals surface area contributed by atoms with Crippen LogP contribution in [0.15, 0.2) is 24.3 Å². The Morgan fingerprint density at radius 2 is 1.92 bits per heavy atom. The van der Waals surface area contributed by atoms with Gasteiger partial charge in [0.15, 0.2) is 0 Å². The Labute approximate surface area is 78.7 Å². The third-order valence-electron chi connectivity index (χ3n) is 1.88. The van der Waals surface area contributed by atoms with E-state index in [0.717, 1.165) is 11.6 Å². The molecule has 0 bridgehead atoms. The van der Waals surface area contributed by atoms with Crippen molar-refractivity contribution in [2.75, 3.05) is 6.54 Å². The molecule has 1 aromatic carbocycles. The molecule has 0 radical (unpaired) electrons. The molecule has 0 aromatic heterocycles. The van der Waals surface area contributed by atoms with Gasteiger partial charge in [-0.25, -0.2) is 0 Å². The van der Waals surface area contributed by atoms with Crippen LogP contribution in [-0.4, -0.2) is 6.54 Å². The maximum atomic E-state index is 5.77. The second kappa shape index (κ2) is 4.48. The summed E-state index contributed by atoms with van der Waals surface area (Å²) in [6.45, 7) is 5.24. The molecule has 0 heterocycles. The van der Waals surface area contributed by atoms with Crippen LogP contribution in [0.4, 0.5) is 0 Å². The maximum absolute atomic E-state index is 5.77. The molecule has 0 spiro atoms. The molecule has 1 N–H and O–H groups in total. The van der Waals surface area contributed by atoms with Gasteiger partial charge in [-0.2, -0.15) is 0 Å². The molecule has 1 nitrogen and oxygen atoms in total. The highest BCUT2D eigenvalue weighted by Gasteiger charge is 2.01. The second-order valence-corrected chi connectivity index (χ2v) is 3.27. The standard InChI is InChI=1S/C10H14ClN/c1-3-12-8(2)9-4-6-10(11)7-5-9/h4-8,12H,3H2,1-2H3/t8-/m0/s1. The number of rotatable bonds is 3. The number of hydrogen-bond donors (Lipinski definition) is 1. The van der Waals surface area contributed by atoms with Crippen molar-refractivity contribution in [3.63, 3.8) is 0 Å². The fourth-order valence-electron chi connectivity index (χ4n) is 1.18. The minimum atomic E-state index is 0.410. The molecule has 0 fully saturated rings. The van der Waals surface area contributed by atoms with E-state index >= 15 is 0 Å². The summed E-state index contributed by atoms with van der Waals surface area (Å²) in [6, 6.07) is 8.35. The lowest BCUT2D eigenvalue weighted by Crippen LogP contribution is -2.17. The van der Waals surface area contributed by atoms with Gasteiger partial charge in [-0.05, 0) is 31.2 Å². The van der Waals surface area contributed by atoms with Crippen LogP contribution in [0.2, 0.25) is 5.02 Å². The van der Waals surface area contributed by atoms with E-state index in [1.165, 1.54) is 5.56 Å². The van der Waals surface area contributed by atoms with E-state index in [9.17, 15) is 0 Å². The normalized spacial score (nSPS) is 12.9. The van der Waals surface area contributed by atoms with Gasteiger partial charge in [0.1, 0.15) is 0 Å². The van der Waals surface area contributed by atoms with Gasteiger partial charge in [0.25, 0.3) is 0 Å². The third kappa shape index (κ3) is 2.50. The Hall–Kier alpha value is -0.530. The van der Waals surface area contributed by atoms with Crippen LogP contribution in [0.5, 0.6) is 0 Å². The van der Waals surface area contributed by atoms with Gasteiger partial charge >= 0.3 is 0 Å². The molecule has 0 amide bonds. The molecule has 0 saturated carbocycles. The highest BCUT2D eigenvalue weighted by molar-refractivity contribution is 6.30. The Balaban J connectivity index is 2.68. The van der Waals surface area contributed by atoms with Crippen molar-refractivity contribution in [1.29, 1.82) is 0 Å². The lowest BCUT2D eigenvalue weighted by Gasteiger charge is -2.11.